The Hall–Kier alpha value is -1.99. The van der Waals surface area contributed by atoms with Gasteiger partial charge in [0.05, 0.1) is 0 Å². The highest BCUT2D eigenvalue weighted by Gasteiger charge is 2.44. The predicted octanol–water partition coefficient (Wildman–Crippen LogP) is -2.10. The lowest BCUT2D eigenvalue weighted by atomic mass is 10.2. The van der Waals surface area contributed by atoms with Gasteiger partial charge >= 0.3 is 12.1 Å². The molecule has 0 saturated carbocycles. The number of nitrogens with one attached hydrogen (secondary N) is 3. The molecule has 2 fully saturated rings. The maximum Gasteiger partial charge on any atom is 0.320 e. The van der Waals surface area contributed by atoms with Gasteiger partial charge in [-0.1, -0.05) is 0 Å². The quantitative estimate of drug-likeness (QED) is 0.478. The number of rotatable bonds is 5. The van der Waals surface area contributed by atoms with Crippen molar-refractivity contribution in [3.8, 4) is 0 Å². The number of unbranched alkanes of at least 4 members (excludes halogenated alkanes) is 1. The summed E-state index contributed by atoms with van der Waals surface area (Å²) in [5.74, 6) is -1.09. The Balaban J connectivity index is 1.81. The van der Waals surface area contributed by atoms with Crippen molar-refractivity contribution in [1.82, 2.24) is 20.9 Å². The summed E-state index contributed by atoms with van der Waals surface area (Å²) in [4.78, 5) is 34.3. The van der Waals surface area contributed by atoms with Crippen molar-refractivity contribution in [2.45, 2.75) is 31.6 Å². The third-order valence-electron chi connectivity index (χ3n) is 2.79. The van der Waals surface area contributed by atoms with Crippen molar-refractivity contribution in [1.29, 1.82) is 0 Å². The topological polar surface area (TPSA) is 114 Å². The van der Waals surface area contributed by atoms with Crippen molar-refractivity contribution in [2.24, 2.45) is 0 Å². The normalized spacial score (nSPS) is 26.2. The molecule has 0 unspecified atom stereocenters. The molecule has 0 bridgehead atoms. The molecule has 0 aromatic carbocycles. The van der Waals surface area contributed by atoms with Gasteiger partial charge < -0.3 is 30.8 Å². The maximum absolute atomic E-state index is 11.5. The number of carbonyl (C=O) groups is 3. The Bertz CT molecular complexity index is 359. The summed E-state index contributed by atoms with van der Waals surface area (Å²) in [5.41, 5.74) is 0. The molecule has 2 rings (SSSR count). The second-order valence-corrected chi connectivity index (χ2v) is 4.01. The van der Waals surface area contributed by atoms with E-state index in [9.17, 15) is 19.5 Å². The average molecular weight is 241 g/mol. The third kappa shape index (κ3) is 2.40. The van der Waals surface area contributed by atoms with Crippen LogP contribution in [-0.4, -0.2) is 41.8 Å². The molecule has 4 amide bonds. The Labute approximate surface area is 97.3 Å². The van der Waals surface area contributed by atoms with Gasteiger partial charge in [-0.3, -0.25) is 0 Å². The van der Waals surface area contributed by atoms with Crippen molar-refractivity contribution < 1.29 is 19.5 Å². The Morgan fingerprint density at radius 1 is 1.24 bits per heavy atom. The molecule has 0 aromatic heterocycles. The lowest BCUT2D eigenvalue weighted by molar-refractivity contribution is -0.305. The highest BCUT2D eigenvalue weighted by molar-refractivity contribution is 5.84. The molecule has 0 radical (unpaired) electrons. The largest absolute Gasteiger partial charge is 0.550 e. The zero-order valence-electron chi connectivity index (χ0n) is 9.06. The van der Waals surface area contributed by atoms with Crippen LogP contribution in [-0.2, 0) is 4.79 Å². The van der Waals surface area contributed by atoms with E-state index < -0.39 is 18.3 Å². The van der Waals surface area contributed by atoms with Crippen molar-refractivity contribution in [2.75, 3.05) is 6.54 Å². The van der Waals surface area contributed by atoms with Crippen LogP contribution in [0, 0.1) is 0 Å². The standard InChI is InChI=1S/C9H14N4O4/c14-5(15)3-1-2-4-13-7-6(11-9(13)17)10-8(16)12-7/h6-7H,1-4H2,(H,11,17)(H,14,15)(H2,10,12,16)/p-1/t6-,7+/m0/s1. The van der Waals surface area contributed by atoms with Crippen LogP contribution in [0.25, 0.3) is 0 Å². The van der Waals surface area contributed by atoms with Gasteiger partial charge in [0, 0.05) is 12.5 Å². The van der Waals surface area contributed by atoms with Crippen LogP contribution in [0.2, 0.25) is 0 Å². The van der Waals surface area contributed by atoms with E-state index in [1.54, 1.807) is 0 Å². The molecular formula is C9H13N4O4-. The number of nitrogens with zero attached hydrogens (tertiary/aromatic N) is 1. The fraction of sp³-hybridized carbons (Fsp3) is 0.667. The number of aliphatic carboxylic acids is 1. The molecule has 8 heteroatoms. The van der Waals surface area contributed by atoms with Crippen molar-refractivity contribution in [3.05, 3.63) is 0 Å². The summed E-state index contributed by atoms with van der Waals surface area (Å²) in [7, 11) is 0. The number of carboxylic acids is 1. The van der Waals surface area contributed by atoms with Crippen LogP contribution in [0.5, 0.6) is 0 Å². The summed E-state index contributed by atoms with van der Waals surface area (Å²) < 4.78 is 0. The molecular weight excluding hydrogens is 228 g/mol. The number of urea groups is 2. The van der Waals surface area contributed by atoms with Crippen LogP contribution in [0.15, 0.2) is 0 Å². The molecule has 2 aliphatic rings. The van der Waals surface area contributed by atoms with Crippen molar-refractivity contribution in [3.63, 3.8) is 0 Å². The van der Waals surface area contributed by atoms with Crippen LogP contribution in [0.4, 0.5) is 9.59 Å². The number of carbonyl (C=O) groups excluding carboxylic acids is 3. The van der Waals surface area contributed by atoms with E-state index in [1.165, 1.54) is 4.90 Å². The van der Waals surface area contributed by atoms with Gasteiger partial charge in [-0.05, 0) is 19.3 Å². The van der Waals surface area contributed by atoms with Gasteiger partial charge in [0.1, 0.15) is 12.3 Å². The summed E-state index contributed by atoms with van der Waals surface area (Å²) >= 11 is 0. The predicted molar refractivity (Wildman–Crippen MR) is 53.3 cm³/mol. The molecule has 2 heterocycles. The van der Waals surface area contributed by atoms with Gasteiger partial charge in [0.25, 0.3) is 0 Å². The van der Waals surface area contributed by atoms with Crippen LogP contribution in [0.3, 0.4) is 0 Å². The van der Waals surface area contributed by atoms with Crippen molar-refractivity contribution >= 4 is 18.0 Å². The minimum absolute atomic E-state index is 0.0197. The zero-order chi connectivity index (χ0) is 12.4. The van der Waals surface area contributed by atoms with E-state index in [-0.39, 0.29) is 18.5 Å². The van der Waals surface area contributed by atoms with E-state index >= 15 is 0 Å². The first kappa shape index (κ1) is 11.5. The van der Waals surface area contributed by atoms with Crippen LogP contribution >= 0.6 is 0 Å². The second-order valence-electron chi connectivity index (χ2n) is 4.01. The number of fused-ring (bicyclic) bond motifs is 1. The molecule has 8 nitrogen and oxygen atoms in total. The van der Waals surface area contributed by atoms with Crippen LogP contribution < -0.4 is 21.1 Å². The lowest BCUT2D eigenvalue weighted by Crippen LogP contribution is -2.43. The molecule has 0 spiro atoms. The molecule has 2 saturated heterocycles. The Morgan fingerprint density at radius 3 is 2.71 bits per heavy atom. The van der Waals surface area contributed by atoms with E-state index in [0.29, 0.717) is 19.4 Å². The smallest absolute Gasteiger partial charge is 0.320 e. The Kier molecular flexibility index (Phi) is 3.03. The van der Waals surface area contributed by atoms with Gasteiger partial charge in [-0.2, -0.15) is 0 Å². The number of amides is 4. The molecule has 17 heavy (non-hydrogen) atoms. The summed E-state index contributed by atoms with van der Waals surface area (Å²) in [6.45, 7) is 0.405. The Morgan fingerprint density at radius 2 is 2.00 bits per heavy atom. The summed E-state index contributed by atoms with van der Waals surface area (Å²) in [6.07, 6.45) is 0.189. The molecule has 94 valence electrons. The van der Waals surface area contributed by atoms with E-state index in [1.807, 2.05) is 0 Å². The number of hydrogen-bond donors (Lipinski definition) is 3. The van der Waals surface area contributed by atoms with Gasteiger partial charge in [-0.25, -0.2) is 9.59 Å². The van der Waals surface area contributed by atoms with E-state index in [4.69, 9.17) is 0 Å². The highest BCUT2D eigenvalue weighted by atomic mass is 16.4. The first-order chi connectivity index (χ1) is 8.08. The van der Waals surface area contributed by atoms with E-state index in [2.05, 4.69) is 16.0 Å². The second kappa shape index (κ2) is 4.48. The highest BCUT2D eigenvalue weighted by Crippen LogP contribution is 2.14. The first-order valence-corrected chi connectivity index (χ1v) is 5.42. The zero-order valence-corrected chi connectivity index (χ0v) is 9.06. The minimum atomic E-state index is -1.09. The van der Waals surface area contributed by atoms with Gasteiger partial charge in [0.2, 0.25) is 0 Å². The molecule has 2 aliphatic heterocycles. The molecule has 3 N–H and O–H groups in total. The first-order valence-electron chi connectivity index (χ1n) is 5.42. The molecule has 2 atom stereocenters. The van der Waals surface area contributed by atoms with Gasteiger partial charge in [0.15, 0.2) is 0 Å². The SMILES string of the molecule is O=C([O-])CCCCN1C(=O)N[C@@H]2NC(=O)N[C@@H]21. The molecule has 0 aromatic rings. The fourth-order valence-corrected chi connectivity index (χ4v) is 1.99. The third-order valence-corrected chi connectivity index (χ3v) is 2.79. The van der Waals surface area contributed by atoms with Crippen LogP contribution in [0.1, 0.15) is 19.3 Å². The summed E-state index contributed by atoms with van der Waals surface area (Å²) in [6, 6.07) is -0.583. The summed E-state index contributed by atoms with van der Waals surface area (Å²) in [5, 5.41) is 18.0. The van der Waals surface area contributed by atoms with E-state index in [0.717, 1.165) is 0 Å². The lowest BCUT2D eigenvalue weighted by Gasteiger charge is -2.20. The average Bonchev–Trinajstić information content (AvgIpc) is 2.69. The minimum Gasteiger partial charge on any atom is -0.550 e. The molecule has 0 aliphatic carbocycles. The number of hydrogen-bond acceptors (Lipinski definition) is 4. The monoisotopic (exact) mass is 241 g/mol. The number of carboxylic acid groups (broad SMARTS) is 1. The maximum atomic E-state index is 11.5. The van der Waals surface area contributed by atoms with Gasteiger partial charge in [-0.15, -0.1) is 0 Å². The fourth-order valence-electron chi connectivity index (χ4n) is 1.99.